The molecule has 2 aliphatic rings. The zero-order valence-corrected chi connectivity index (χ0v) is 9.37. The van der Waals surface area contributed by atoms with Gasteiger partial charge in [-0.2, -0.15) is 0 Å². The number of guanidine groups is 1. The van der Waals surface area contributed by atoms with Crippen LogP contribution in [-0.2, 0) is 0 Å². The molecule has 1 unspecified atom stereocenters. The second kappa shape index (κ2) is 4.20. The lowest BCUT2D eigenvalue weighted by molar-refractivity contribution is 0.235. The zero-order chi connectivity index (χ0) is 9.97. The van der Waals surface area contributed by atoms with Crippen LogP contribution in [0.25, 0.3) is 0 Å². The molecule has 0 radical (unpaired) electrons. The van der Waals surface area contributed by atoms with Crippen molar-refractivity contribution in [2.45, 2.75) is 26.2 Å². The molecule has 0 spiro atoms. The normalized spacial score (nSPS) is 28.1. The lowest BCUT2D eigenvalue weighted by atomic mass is 9.96. The highest BCUT2D eigenvalue weighted by Crippen LogP contribution is 2.20. The summed E-state index contributed by atoms with van der Waals surface area (Å²) in [5, 5.41) is 0. The predicted molar refractivity (Wildman–Crippen MR) is 59.5 cm³/mol. The fourth-order valence-electron chi connectivity index (χ4n) is 2.44. The number of nitrogens with zero attached hydrogens (tertiary/aromatic N) is 3. The molecule has 0 aromatic heterocycles. The smallest absolute Gasteiger partial charge is 0.196 e. The summed E-state index contributed by atoms with van der Waals surface area (Å²) >= 11 is 0. The summed E-state index contributed by atoms with van der Waals surface area (Å²) in [7, 11) is 2.15. The van der Waals surface area contributed by atoms with Gasteiger partial charge in [0.05, 0.1) is 6.54 Å². The van der Waals surface area contributed by atoms with Crippen LogP contribution in [0, 0.1) is 5.92 Å². The van der Waals surface area contributed by atoms with Crippen molar-refractivity contribution < 1.29 is 0 Å². The van der Waals surface area contributed by atoms with Gasteiger partial charge in [0, 0.05) is 26.7 Å². The van der Waals surface area contributed by atoms with E-state index < -0.39 is 0 Å². The van der Waals surface area contributed by atoms with Gasteiger partial charge in [-0.25, -0.2) is 0 Å². The molecule has 2 heterocycles. The number of likely N-dealkylation sites (N-methyl/N-ethyl adjacent to an activating group) is 1. The Balaban J connectivity index is 1.97. The quantitative estimate of drug-likeness (QED) is 0.630. The van der Waals surface area contributed by atoms with Crippen LogP contribution in [0.2, 0.25) is 0 Å². The zero-order valence-electron chi connectivity index (χ0n) is 9.37. The number of hydrogen-bond donors (Lipinski definition) is 0. The summed E-state index contributed by atoms with van der Waals surface area (Å²) in [6.07, 6.45) is 4.06. The largest absolute Gasteiger partial charge is 0.344 e. The van der Waals surface area contributed by atoms with Gasteiger partial charge in [-0.05, 0) is 18.8 Å². The molecular weight excluding hydrogens is 174 g/mol. The van der Waals surface area contributed by atoms with E-state index in [1.807, 2.05) is 0 Å². The van der Waals surface area contributed by atoms with E-state index in [4.69, 9.17) is 0 Å². The van der Waals surface area contributed by atoms with E-state index in [9.17, 15) is 0 Å². The first-order valence-electron chi connectivity index (χ1n) is 5.81. The van der Waals surface area contributed by atoms with E-state index in [-0.39, 0.29) is 0 Å². The van der Waals surface area contributed by atoms with E-state index >= 15 is 0 Å². The molecule has 80 valence electrons. The monoisotopic (exact) mass is 195 g/mol. The summed E-state index contributed by atoms with van der Waals surface area (Å²) in [4.78, 5) is 9.34. The summed E-state index contributed by atoms with van der Waals surface area (Å²) in [5.41, 5.74) is 0. The number of piperidine rings is 1. The molecule has 3 heteroatoms. The maximum atomic E-state index is 4.58. The molecule has 0 aromatic carbocycles. The Hall–Kier alpha value is -0.730. The minimum absolute atomic E-state index is 0.889. The van der Waals surface area contributed by atoms with Crippen LogP contribution in [-0.4, -0.2) is 49.0 Å². The van der Waals surface area contributed by atoms with Gasteiger partial charge in [0.1, 0.15) is 0 Å². The van der Waals surface area contributed by atoms with Gasteiger partial charge in [0.15, 0.2) is 5.96 Å². The van der Waals surface area contributed by atoms with Crippen LogP contribution in [0.15, 0.2) is 4.99 Å². The highest BCUT2D eigenvalue weighted by Gasteiger charge is 2.25. The lowest BCUT2D eigenvalue weighted by Gasteiger charge is -2.35. The molecule has 2 rings (SSSR count). The number of hydrogen-bond acceptors (Lipinski definition) is 3. The van der Waals surface area contributed by atoms with Crippen molar-refractivity contribution in [2.24, 2.45) is 10.9 Å². The Morgan fingerprint density at radius 2 is 2.29 bits per heavy atom. The highest BCUT2D eigenvalue weighted by atomic mass is 15.4. The average Bonchev–Trinajstić information content (AvgIpc) is 2.65. The molecule has 2 aliphatic heterocycles. The van der Waals surface area contributed by atoms with Crippen molar-refractivity contribution in [2.75, 3.05) is 33.2 Å². The third-order valence-corrected chi connectivity index (χ3v) is 3.41. The lowest BCUT2D eigenvalue weighted by Crippen LogP contribution is -2.45. The minimum atomic E-state index is 0.889. The Morgan fingerprint density at radius 3 is 2.93 bits per heavy atom. The third kappa shape index (κ3) is 1.86. The molecule has 1 atom stereocenters. The fourth-order valence-corrected chi connectivity index (χ4v) is 2.44. The van der Waals surface area contributed by atoms with Gasteiger partial charge < -0.3 is 9.80 Å². The molecule has 0 amide bonds. The van der Waals surface area contributed by atoms with Crippen molar-refractivity contribution in [1.29, 1.82) is 0 Å². The van der Waals surface area contributed by atoms with Gasteiger partial charge in [-0.3, -0.25) is 4.99 Å². The first kappa shape index (κ1) is 9.81. The first-order chi connectivity index (χ1) is 6.81. The van der Waals surface area contributed by atoms with Gasteiger partial charge in [-0.1, -0.05) is 13.3 Å². The minimum Gasteiger partial charge on any atom is -0.344 e. The number of rotatable bonds is 1. The molecule has 0 N–H and O–H groups in total. The van der Waals surface area contributed by atoms with E-state index in [0.29, 0.717) is 0 Å². The summed E-state index contributed by atoms with van der Waals surface area (Å²) in [5.74, 6) is 2.13. The second-order valence-corrected chi connectivity index (χ2v) is 4.47. The van der Waals surface area contributed by atoms with Gasteiger partial charge >= 0.3 is 0 Å². The van der Waals surface area contributed by atoms with Crippen LogP contribution >= 0.6 is 0 Å². The van der Waals surface area contributed by atoms with Crippen molar-refractivity contribution in [3.8, 4) is 0 Å². The Bertz CT molecular complexity index is 225. The Kier molecular flexibility index (Phi) is 2.94. The maximum absolute atomic E-state index is 4.58. The van der Waals surface area contributed by atoms with Crippen molar-refractivity contribution in [1.82, 2.24) is 9.80 Å². The molecule has 3 nitrogen and oxygen atoms in total. The van der Waals surface area contributed by atoms with Crippen LogP contribution in [0.5, 0.6) is 0 Å². The van der Waals surface area contributed by atoms with E-state index in [1.54, 1.807) is 0 Å². The van der Waals surface area contributed by atoms with Gasteiger partial charge in [-0.15, -0.1) is 0 Å². The molecule has 14 heavy (non-hydrogen) atoms. The van der Waals surface area contributed by atoms with Crippen molar-refractivity contribution in [3.05, 3.63) is 0 Å². The first-order valence-corrected chi connectivity index (χ1v) is 5.81. The van der Waals surface area contributed by atoms with Crippen molar-refractivity contribution >= 4 is 5.96 Å². The number of likely N-dealkylation sites (tertiary alicyclic amines) is 1. The topological polar surface area (TPSA) is 18.8 Å². The van der Waals surface area contributed by atoms with Gasteiger partial charge in [0.25, 0.3) is 0 Å². The van der Waals surface area contributed by atoms with Gasteiger partial charge in [0.2, 0.25) is 0 Å². The molecule has 0 bridgehead atoms. The second-order valence-electron chi connectivity index (χ2n) is 4.47. The van der Waals surface area contributed by atoms with E-state index in [1.165, 1.54) is 38.3 Å². The number of aliphatic imine (C=N–C) groups is 1. The highest BCUT2D eigenvalue weighted by molar-refractivity contribution is 5.81. The van der Waals surface area contributed by atoms with Crippen LogP contribution in [0.1, 0.15) is 26.2 Å². The molecule has 1 saturated heterocycles. The Morgan fingerprint density at radius 1 is 1.43 bits per heavy atom. The average molecular weight is 195 g/mol. The summed E-state index contributed by atoms with van der Waals surface area (Å²) in [6.45, 7) is 6.81. The Labute approximate surface area is 86.8 Å². The fraction of sp³-hybridized carbons (Fsp3) is 0.909. The summed E-state index contributed by atoms with van der Waals surface area (Å²) < 4.78 is 0. The summed E-state index contributed by atoms with van der Waals surface area (Å²) in [6, 6.07) is 0. The molecule has 0 saturated carbocycles. The molecular formula is C11H21N3. The van der Waals surface area contributed by atoms with Crippen LogP contribution in [0.4, 0.5) is 0 Å². The predicted octanol–water partition coefficient (Wildman–Crippen LogP) is 1.41. The van der Waals surface area contributed by atoms with E-state index in [0.717, 1.165) is 19.0 Å². The van der Waals surface area contributed by atoms with Crippen LogP contribution < -0.4 is 0 Å². The SMILES string of the molecule is CCC1CCCN(C2=NCCN2C)C1. The standard InChI is InChI=1S/C11H21N3/c1-3-10-5-4-7-14(9-10)11-12-6-8-13(11)2/h10H,3-9H2,1-2H3. The molecule has 0 aromatic rings. The van der Waals surface area contributed by atoms with E-state index in [2.05, 4.69) is 28.8 Å². The van der Waals surface area contributed by atoms with Crippen molar-refractivity contribution in [3.63, 3.8) is 0 Å². The third-order valence-electron chi connectivity index (χ3n) is 3.41. The maximum Gasteiger partial charge on any atom is 0.196 e. The molecule has 1 fully saturated rings. The molecule has 0 aliphatic carbocycles. The van der Waals surface area contributed by atoms with Crippen LogP contribution in [0.3, 0.4) is 0 Å².